The van der Waals surface area contributed by atoms with Gasteiger partial charge in [-0.2, -0.15) is 0 Å². The second-order valence-corrected chi connectivity index (χ2v) is 6.47. The highest BCUT2D eigenvalue weighted by molar-refractivity contribution is 9.10. The van der Waals surface area contributed by atoms with E-state index in [2.05, 4.69) is 58.2 Å². The van der Waals surface area contributed by atoms with Gasteiger partial charge in [0.25, 0.3) is 0 Å². The summed E-state index contributed by atoms with van der Waals surface area (Å²) >= 11 is 5.41. The van der Waals surface area contributed by atoms with Crippen LogP contribution in [0.15, 0.2) is 51.8 Å². The molecule has 0 aliphatic carbocycles. The topological polar surface area (TPSA) is 12.5 Å². The standard InChI is InChI=1S/C15H14BrNOS/c1-17-12-5-3-4-6-14(12)19-15(17)11-9-10(16)7-8-13(11)18-2/h3-9,15H,1-2H3. The summed E-state index contributed by atoms with van der Waals surface area (Å²) in [6, 6.07) is 14.6. The lowest BCUT2D eigenvalue weighted by molar-refractivity contribution is 0.409. The van der Waals surface area contributed by atoms with Crippen LogP contribution in [0.2, 0.25) is 0 Å². The minimum Gasteiger partial charge on any atom is -0.496 e. The Balaban J connectivity index is 2.04. The number of ether oxygens (including phenoxy) is 1. The molecule has 2 nitrogen and oxygen atoms in total. The number of thioether (sulfide) groups is 1. The molecular weight excluding hydrogens is 322 g/mol. The van der Waals surface area contributed by atoms with E-state index in [-0.39, 0.29) is 5.37 Å². The molecule has 0 amide bonds. The van der Waals surface area contributed by atoms with E-state index in [4.69, 9.17) is 4.74 Å². The molecule has 0 spiro atoms. The fourth-order valence-electron chi connectivity index (χ4n) is 2.34. The number of rotatable bonds is 2. The molecule has 0 N–H and O–H groups in total. The number of para-hydroxylation sites is 1. The van der Waals surface area contributed by atoms with E-state index in [1.807, 2.05) is 23.9 Å². The van der Waals surface area contributed by atoms with Gasteiger partial charge in [-0.3, -0.25) is 0 Å². The van der Waals surface area contributed by atoms with Gasteiger partial charge in [0.1, 0.15) is 11.1 Å². The van der Waals surface area contributed by atoms with Crippen molar-refractivity contribution in [3.63, 3.8) is 0 Å². The van der Waals surface area contributed by atoms with Crippen molar-refractivity contribution in [1.29, 1.82) is 0 Å². The van der Waals surface area contributed by atoms with Crippen LogP contribution in [0.3, 0.4) is 0 Å². The van der Waals surface area contributed by atoms with Crippen LogP contribution in [0.1, 0.15) is 10.9 Å². The molecule has 0 fully saturated rings. The SMILES string of the molecule is COc1ccc(Br)cc1C1Sc2ccccc2N1C. The van der Waals surface area contributed by atoms with Gasteiger partial charge in [-0.05, 0) is 30.3 Å². The first-order valence-corrected chi connectivity index (χ1v) is 7.70. The first-order valence-electron chi connectivity index (χ1n) is 6.02. The molecule has 1 aliphatic rings. The Morgan fingerprint density at radius 2 is 2.00 bits per heavy atom. The van der Waals surface area contributed by atoms with E-state index < -0.39 is 0 Å². The Labute approximate surface area is 125 Å². The van der Waals surface area contributed by atoms with Crippen LogP contribution in [0, 0.1) is 0 Å². The Kier molecular flexibility index (Phi) is 3.46. The third-order valence-corrected chi connectivity index (χ3v) is 5.18. The number of hydrogen-bond donors (Lipinski definition) is 0. The zero-order valence-corrected chi connectivity index (χ0v) is 13.2. The van der Waals surface area contributed by atoms with Crippen LogP contribution in [0.25, 0.3) is 0 Å². The lowest BCUT2D eigenvalue weighted by Crippen LogP contribution is -2.17. The van der Waals surface area contributed by atoms with Gasteiger partial charge < -0.3 is 9.64 Å². The average molecular weight is 336 g/mol. The molecule has 2 aromatic carbocycles. The van der Waals surface area contributed by atoms with E-state index in [0.29, 0.717) is 0 Å². The number of methoxy groups -OCH3 is 1. The van der Waals surface area contributed by atoms with Crippen molar-refractivity contribution in [1.82, 2.24) is 0 Å². The van der Waals surface area contributed by atoms with Crippen molar-refractivity contribution in [2.45, 2.75) is 10.3 Å². The highest BCUT2D eigenvalue weighted by atomic mass is 79.9. The summed E-state index contributed by atoms with van der Waals surface area (Å²) in [6.07, 6.45) is 0. The van der Waals surface area contributed by atoms with E-state index in [1.165, 1.54) is 16.1 Å². The molecule has 1 unspecified atom stereocenters. The van der Waals surface area contributed by atoms with Crippen molar-refractivity contribution in [3.05, 3.63) is 52.5 Å². The number of benzene rings is 2. The zero-order chi connectivity index (χ0) is 13.4. The van der Waals surface area contributed by atoms with Crippen LogP contribution < -0.4 is 9.64 Å². The number of halogens is 1. The molecule has 0 bridgehead atoms. The third kappa shape index (κ3) is 2.23. The van der Waals surface area contributed by atoms with Gasteiger partial charge in [-0.25, -0.2) is 0 Å². The fourth-order valence-corrected chi connectivity index (χ4v) is 4.04. The van der Waals surface area contributed by atoms with Gasteiger partial charge in [0, 0.05) is 22.0 Å². The molecule has 4 heteroatoms. The molecule has 0 saturated carbocycles. The van der Waals surface area contributed by atoms with Gasteiger partial charge in [-0.15, -0.1) is 0 Å². The number of nitrogens with zero attached hydrogens (tertiary/aromatic N) is 1. The van der Waals surface area contributed by atoms with E-state index in [0.717, 1.165) is 10.2 Å². The van der Waals surface area contributed by atoms with Gasteiger partial charge >= 0.3 is 0 Å². The highest BCUT2D eigenvalue weighted by Crippen LogP contribution is 2.52. The van der Waals surface area contributed by atoms with E-state index in [9.17, 15) is 0 Å². The van der Waals surface area contributed by atoms with Crippen LogP contribution in [0.4, 0.5) is 5.69 Å². The monoisotopic (exact) mass is 335 g/mol. The Morgan fingerprint density at radius 3 is 2.74 bits per heavy atom. The summed E-state index contributed by atoms with van der Waals surface area (Å²) in [7, 11) is 3.85. The number of anilines is 1. The molecule has 0 aromatic heterocycles. The second-order valence-electron chi connectivity index (χ2n) is 4.44. The largest absolute Gasteiger partial charge is 0.496 e. The summed E-state index contributed by atoms with van der Waals surface area (Å²) < 4.78 is 6.58. The molecule has 2 aromatic rings. The molecule has 19 heavy (non-hydrogen) atoms. The van der Waals surface area contributed by atoms with Crippen molar-refractivity contribution in [2.75, 3.05) is 19.1 Å². The van der Waals surface area contributed by atoms with Gasteiger partial charge in [-0.1, -0.05) is 39.8 Å². The highest BCUT2D eigenvalue weighted by Gasteiger charge is 2.30. The van der Waals surface area contributed by atoms with Crippen molar-refractivity contribution in [3.8, 4) is 5.75 Å². The van der Waals surface area contributed by atoms with Gasteiger partial charge in [0.05, 0.1) is 12.8 Å². The predicted octanol–water partition coefficient (Wildman–Crippen LogP) is 4.70. The first-order chi connectivity index (χ1) is 9.20. The normalized spacial score (nSPS) is 17.4. The van der Waals surface area contributed by atoms with Crippen molar-refractivity contribution in [2.24, 2.45) is 0 Å². The van der Waals surface area contributed by atoms with E-state index in [1.54, 1.807) is 7.11 Å². The summed E-state index contributed by atoms with van der Waals surface area (Å²) in [5.74, 6) is 0.931. The predicted molar refractivity (Wildman–Crippen MR) is 84.1 cm³/mol. The molecule has 3 rings (SSSR count). The molecule has 98 valence electrons. The Bertz CT molecular complexity index is 617. The molecular formula is C15H14BrNOS. The Morgan fingerprint density at radius 1 is 1.21 bits per heavy atom. The maximum absolute atomic E-state index is 5.50. The van der Waals surface area contributed by atoms with Crippen LogP contribution in [0.5, 0.6) is 5.75 Å². The van der Waals surface area contributed by atoms with Crippen LogP contribution in [-0.4, -0.2) is 14.2 Å². The molecule has 0 saturated heterocycles. The second kappa shape index (κ2) is 5.10. The van der Waals surface area contributed by atoms with E-state index >= 15 is 0 Å². The molecule has 1 atom stereocenters. The molecule has 1 heterocycles. The van der Waals surface area contributed by atoms with Crippen LogP contribution in [-0.2, 0) is 0 Å². The zero-order valence-electron chi connectivity index (χ0n) is 10.8. The maximum Gasteiger partial charge on any atom is 0.125 e. The lowest BCUT2D eigenvalue weighted by Gasteiger charge is -2.23. The third-order valence-electron chi connectivity index (χ3n) is 3.29. The minimum absolute atomic E-state index is 0.254. The van der Waals surface area contributed by atoms with Crippen LogP contribution >= 0.6 is 27.7 Å². The maximum atomic E-state index is 5.50. The summed E-state index contributed by atoms with van der Waals surface area (Å²) in [5.41, 5.74) is 2.47. The number of hydrogen-bond acceptors (Lipinski definition) is 3. The summed E-state index contributed by atoms with van der Waals surface area (Å²) in [4.78, 5) is 3.61. The fraction of sp³-hybridized carbons (Fsp3) is 0.200. The minimum atomic E-state index is 0.254. The van der Waals surface area contributed by atoms with Crippen molar-refractivity contribution >= 4 is 33.4 Å². The first kappa shape index (κ1) is 12.9. The molecule has 1 aliphatic heterocycles. The van der Waals surface area contributed by atoms with Gasteiger partial charge in [0.15, 0.2) is 0 Å². The number of fused-ring (bicyclic) bond motifs is 1. The quantitative estimate of drug-likeness (QED) is 0.789. The molecule has 0 radical (unpaired) electrons. The van der Waals surface area contributed by atoms with Crippen molar-refractivity contribution < 1.29 is 4.74 Å². The smallest absolute Gasteiger partial charge is 0.125 e. The summed E-state index contributed by atoms with van der Waals surface area (Å²) in [6.45, 7) is 0. The lowest BCUT2D eigenvalue weighted by atomic mass is 10.1. The van der Waals surface area contributed by atoms with Gasteiger partial charge in [0.2, 0.25) is 0 Å². The summed E-state index contributed by atoms with van der Waals surface area (Å²) in [5, 5.41) is 0.254. The Hall–Kier alpha value is -1.13. The average Bonchev–Trinajstić information content (AvgIpc) is 2.76.